The average molecular weight is 474 g/mol. The van der Waals surface area contributed by atoms with E-state index in [2.05, 4.69) is 0 Å². The van der Waals surface area contributed by atoms with Gasteiger partial charge in [-0.25, -0.2) is 14.8 Å². The highest BCUT2D eigenvalue weighted by Gasteiger charge is 2.61. The maximum Gasteiger partial charge on any atom is 0.339 e. The molecule has 35 heavy (non-hydrogen) atoms. The number of fused-ring (bicyclic) bond motifs is 1. The number of hydrogen-bond donors (Lipinski definition) is 1. The molecule has 2 heterocycles. The number of anilines is 2. The second kappa shape index (κ2) is 8.77. The fraction of sp³-hybridized carbons (Fsp3) is 0.192. The fourth-order valence-electron chi connectivity index (χ4n) is 4.77. The Kier molecular flexibility index (Phi) is 5.62. The Hall–Kier alpha value is -4.37. The predicted molar refractivity (Wildman–Crippen MR) is 125 cm³/mol. The third-order valence-corrected chi connectivity index (χ3v) is 6.25. The van der Waals surface area contributed by atoms with Crippen LogP contribution in [0.25, 0.3) is 0 Å². The van der Waals surface area contributed by atoms with Gasteiger partial charge in [0.15, 0.2) is 17.6 Å². The molecule has 0 spiro atoms. The van der Waals surface area contributed by atoms with Crippen molar-refractivity contribution in [2.75, 3.05) is 24.2 Å². The molecule has 0 saturated carbocycles. The van der Waals surface area contributed by atoms with Gasteiger partial charge in [0, 0.05) is 0 Å². The Morgan fingerprint density at radius 1 is 0.857 bits per heavy atom. The minimum Gasteiger partial charge on any atom is -0.493 e. The molecular weight excluding hydrogens is 452 g/mol. The van der Waals surface area contributed by atoms with Crippen LogP contribution in [0.2, 0.25) is 0 Å². The van der Waals surface area contributed by atoms with Crippen LogP contribution >= 0.6 is 0 Å². The van der Waals surface area contributed by atoms with Crippen LogP contribution in [0.15, 0.2) is 72.8 Å². The minimum atomic E-state index is -1.26. The van der Waals surface area contributed by atoms with Crippen molar-refractivity contribution in [3.05, 3.63) is 83.9 Å². The van der Waals surface area contributed by atoms with E-state index in [1.807, 2.05) is 6.07 Å². The summed E-state index contributed by atoms with van der Waals surface area (Å²) in [4.78, 5) is 46.7. The quantitative estimate of drug-likeness (QED) is 0.542. The number of carbonyl (C=O) groups is 3. The smallest absolute Gasteiger partial charge is 0.339 e. The largest absolute Gasteiger partial charge is 0.493 e. The molecule has 0 unspecified atom stereocenters. The summed E-state index contributed by atoms with van der Waals surface area (Å²) in [6.45, 7) is 0. The van der Waals surface area contributed by atoms with E-state index in [1.165, 1.54) is 19.3 Å². The van der Waals surface area contributed by atoms with Gasteiger partial charge < -0.3 is 14.6 Å². The number of carboxylic acid groups (broad SMARTS) is 1. The van der Waals surface area contributed by atoms with Crippen LogP contribution < -0.4 is 19.4 Å². The van der Waals surface area contributed by atoms with Gasteiger partial charge in [-0.3, -0.25) is 14.4 Å². The standard InChI is InChI=1S/C26H22N2O7/c1-33-18-14-13-17(19(26(31)32)22(18)34-2)21-20-23(35-28(21)16-11-7-4-8-12-16)25(30)27(24(20)29)15-9-5-3-6-10-15/h3-14,20-21,23H,1-2H3,(H,31,32)/t20-,21+,23-/m0/s1. The lowest BCUT2D eigenvalue weighted by atomic mass is 9.87. The Morgan fingerprint density at radius 2 is 1.49 bits per heavy atom. The van der Waals surface area contributed by atoms with Crippen molar-refractivity contribution in [2.45, 2.75) is 12.1 Å². The summed E-state index contributed by atoms with van der Waals surface area (Å²) >= 11 is 0. The number of hydroxylamine groups is 1. The lowest BCUT2D eigenvalue weighted by Gasteiger charge is -2.30. The number of rotatable bonds is 6. The van der Waals surface area contributed by atoms with Crippen LogP contribution in [0.1, 0.15) is 22.0 Å². The first-order valence-electron chi connectivity index (χ1n) is 10.9. The highest BCUT2D eigenvalue weighted by atomic mass is 16.7. The molecule has 3 aromatic carbocycles. The molecule has 0 radical (unpaired) electrons. The molecule has 5 rings (SSSR count). The van der Waals surface area contributed by atoms with E-state index < -0.39 is 35.8 Å². The van der Waals surface area contributed by atoms with Crippen LogP contribution in [0, 0.1) is 5.92 Å². The van der Waals surface area contributed by atoms with E-state index in [9.17, 15) is 19.5 Å². The molecule has 3 aromatic rings. The monoisotopic (exact) mass is 474 g/mol. The molecule has 2 fully saturated rings. The van der Waals surface area contributed by atoms with Gasteiger partial charge in [0.05, 0.1) is 31.6 Å². The molecule has 2 aliphatic rings. The molecule has 9 nitrogen and oxygen atoms in total. The van der Waals surface area contributed by atoms with Gasteiger partial charge in [-0.2, -0.15) is 0 Å². The number of methoxy groups -OCH3 is 2. The second-order valence-electron chi connectivity index (χ2n) is 8.08. The Labute approximate surface area is 201 Å². The Bertz CT molecular complexity index is 1300. The van der Waals surface area contributed by atoms with Gasteiger partial charge in [0.25, 0.3) is 5.91 Å². The molecule has 0 aliphatic carbocycles. The molecule has 1 N–H and O–H groups in total. The Morgan fingerprint density at radius 3 is 2.06 bits per heavy atom. The number of hydrogen-bond acceptors (Lipinski definition) is 7. The maximum atomic E-state index is 13.7. The van der Waals surface area contributed by atoms with Crippen LogP contribution in [-0.2, 0) is 14.4 Å². The number of benzene rings is 3. The fourth-order valence-corrected chi connectivity index (χ4v) is 4.77. The number of aromatic carboxylic acids is 1. The summed E-state index contributed by atoms with van der Waals surface area (Å²) in [5.41, 5.74) is 1.10. The molecule has 0 bridgehead atoms. The van der Waals surface area contributed by atoms with Crippen molar-refractivity contribution in [1.29, 1.82) is 0 Å². The van der Waals surface area contributed by atoms with Crippen molar-refractivity contribution in [3.63, 3.8) is 0 Å². The number of carboxylic acids is 1. The first kappa shape index (κ1) is 22.4. The molecule has 2 saturated heterocycles. The molecule has 3 atom stereocenters. The number of carbonyl (C=O) groups excluding carboxylic acids is 2. The lowest BCUT2D eigenvalue weighted by Crippen LogP contribution is -2.37. The topological polar surface area (TPSA) is 106 Å². The molecule has 0 aromatic heterocycles. The van der Waals surface area contributed by atoms with E-state index in [4.69, 9.17) is 14.3 Å². The minimum absolute atomic E-state index is 0.0191. The number of amides is 2. The van der Waals surface area contributed by atoms with E-state index in [0.29, 0.717) is 11.4 Å². The first-order valence-corrected chi connectivity index (χ1v) is 10.9. The SMILES string of the molecule is COc1ccc([C@@H]2[C@@H]3C(=O)N(c4ccccc4)C(=O)[C@H]3ON2c2ccccc2)c(C(=O)O)c1OC. The highest BCUT2D eigenvalue weighted by Crippen LogP contribution is 2.50. The molecular formula is C26H22N2O7. The van der Waals surface area contributed by atoms with Crippen molar-refractivity contribution >= 4 is 29.2 Å². The Balaban J connectivity index is 1.70. The third kappa shape index (κ3) is 3.48. The second-order valence-corrected chi connectivity index (χ2v) is 8.08. The summed E-state index contributed by atoms with van der Waals surface area (Å²) in [6, 6.07) is 19.7. The molecule has 2 aliphatic heterocycles. The lowest BCUT2D eigenvalue weighted by molar-refractivity contribution is -0.126. The predicted octanol–water partition coefficient (Wildman–Crippen LogP) is 3.45. The first-order chi connectivity index (χ1) is 17.0. The zero-order valence-electron chi connectivity index (χ0n) is 19.0. The number of para-hydroxylation sites is 2. The summed E-state index contributed by atoms with van der Waals surface area (Å²) in [7, 11) is 2.75. The summed E-state index contributed by atoms with van der Waals surface area (Å²) in [5, 5.41) is 11.6. The summed E-state index contributed by atoms with van der Waals surface area (Å²) in [6.07, 6.45) is -1.12. The number of ether oxygens (including phenoxy) is 2. The zero-order chi connectivity index (χ0) is 24.7. The van der Waals surface area contributed by atoms with Gasteiger partial charge in [0.1, 0.15) is 11.5 Å². The van der Waals surface area contributed by atoms with E-state index in [1.54, 1.807) is 66.7 Å². The molecule has 2 amide bonds. The van der Waals surface area contributed by atoms with Crippen LogP contribution in [0.5, 0.6) is 11.5 Å². The van der Waals surface area contributed by atoms with Gasteiger partial charge in [-0.05, 0) is 35.9 Å². The van der Waals surface area contributed by atoms with E-state index >= 15 is 0 Å². The number of imide groups is 1. The normalized spacial score (nSPS) is 21.3. The van der Waals surface area contributed by atoms with Crippen molar-refractivity contribution in [2.24, 2.45) is 5.92 Å². The van der Waals surface area contributed by atoms with Crippen molar-refractivity contribution < 1.29 is 33.8 Å². The summed E-state index contributed by atoms with van der Waals surface area (Å²) in [5.74, 6) is -2.98. The molecule has 178 valence electrons. The van der Waals surface area contributed by atoms with Crippen molar-refractivity contribution in [3.8, 4) is 11.5 Å². The average Bonchev–Trinajstić information content (AvgIpc) is 3.39. The maximum absolute atomic E-state index is 13.7. The highest BCUT2D eigenvalue weighted by molar-refractivity contribution is 6.24. The van der Waals surface area contributed by atoms with Gasteiger partial charge >= 0.3 is 5.97 Å². The third-order valence-electron chi connectivity index (χ3n) is 6.25. The molecule has 9 heteroatoms. The van der Waals surface area contributed by atoms with E-state index in [0.717, 1.165) is 4.90 Å². The van der Waals surface area contributed by atoms with E-state index in [-0.39, 0.29) is 22.6 Å². The van der Waals surface area contributed by atoms with Gasteiger partial charge in [-0.1, -0.05) is 42.5 Å². The zero-order valence-corrected chi connectivity index (χ0v) is 19.0. The van der Waals surface area contributed by atoms with Gasteiger partial charge in [0.2, 0.25) is 5.91 Å². The number of nitrogens with zero attached hydrogens (tertiary/aromatic N) is 2. The van der Waals surface area contributed by atoms with Crippen molar-refractivity contribution in [1.82, 2.24) is 0 Å². The van der Waals surface area contributed by atoms with Crippen LogP contribution in [-0.4, -0.2) is 43.2 Å². The van der Waals surface area contributed by atoms with Gasteiger partial charge in [-0.15, -0.1) is 0 Å². The summed E-state index contributed by atoms with van der Waals surface area (Å²) < 4.78 is 10.7. The van der Waals surface area contributed by atoms with Crippen LogP contribution in [0.3, 0.4) is 0 Å². The van der Waals surface area contributed by atoms with Crippen LogP contribution in [0.4, 0.5) is 11.4 Å².